The normalized spacial score (nSPS) is 11.4. The van der Waals surface area contributed by atoms with E-state index in [1.165, 1.54) is 24.3 Å². The van der Waals surface area contributed by atoms with Crippen molar-refractivity contribution in [2.45, 2.75) is 4.90 Å². The molecule has 0 atom stereocenters. The van der Waals surface area contributed by atoms with Gasteiger partial charge in [-0.3, -0.25) is 9.71 Å². The summed E-state index contributed by atoms with van der Waals surface area (Å²) in [5.74, 6) is -1.24. The van der Waals surface area contributed by atoms with Crippen LogP contribution in [-0.2, 0) is 10.0 Å². The van der Waals surface area contributed by atoms with Crippen LogP contribution in [0.4, 0.5) is 5.69 Å². The van der Waals surface area contributed by atoms with Gasteiger partial charge >= 0.3 is 5.97 Å². The predicted octanol–water partition coefficient (Wildman–Crippen LogP) is 3.39. The number of hydrogen-bond donors (Lipinski definition) is 2. The highest BCUT2D eigenvalue weighted by atomic mass is 35.5. The minimum Gasteiger partial charge on any atom is -0.478 e. The lowest BCUT2D eigenvalue weighted by Crippen LogP contribution is -2.14. The number of nitrogens with zero attached hydrogens (tertiary/aromatic N) is 1. The van der Waals surface area contributed by atoms with E-state index >= 15 is 0 Å². The van der Waals surface area contributed by atoms with E-state index < -0.39 is 16.0 Å². The molecule has 0 bridgehead atoms. The first-order valence-electron chi connectivity index (χ1n) is 6.78. The monoisotopic (exact) mass is 362 g/mol. The highest BCUT2D eigenvalue weighted by Gasteiger charge is 2.19. The molecule has 1 heterocycles. The lowest BCUT2D eigenvalue weighted by atomic mass is 10.2. The fourth-order valence-electron chi connectivity index (χ4n) is 2.27. The van der Waals surface area contributed by atoms with E-state index in [2.05, 4.69) is 9.71 Å². The zero-order chi connectivity index (χ0) is 17.3. The van der Waals surface area contributed by atoms with Crippen LogP contribution in [0.2, 0.25) is 5.02 Å². The van der Waals surface area contributed by atoms with E-state index in [0.717, 1.165) is 0 Å². The molecule has 0 saturated heterocycles. The Morgan fingerprint density at radius 2 is 1.92 bits per heavy atom. The molecule has 0 aliphatic rings. The maximum atomic E-state index is 12.7. The van der Waals surface area contributed by atoms with Crippen molar-refractivity contribution in [3.8, 4) is 0 Å². The van der Waals surface area contributed by atoms with Crippen LogP contribution in [0.15, 0.2) is 59.6 Å². The second-order valence-electron chi connectivity index (χ2n) is 4.93. The average Bonchev–Trinajstić information content (AvgIpc) is 2.55. The maximum Gasteiger partial charge on any atom is 0.337 e. The second kappa shape index (κ2) is 6.10. The highest BCUT2D eigenvalue weighted by molar-refractivity contribution is 7.93. The number of carbonyl (C=O) groups is 1. The van der Waals surface area contributed by atoms with E-state index in [0.29, 0.717) is 10.9 Å². The molecule has 0 spiro atoms. The van der Waals surface area contributed by atoms with Crippen LogP contribution in [0.5, 0.6) is 0 Å². The van der Waals surface area contributed by atoms with Crippen LogP contribution >= 0.6 is 11.6 Å². The molecule has 0 amide bonds. The summed E-state index contributed by atoms with van der Waals surface area (Å²) < 4.78 is 27.7. The summed E-state index contributed by atoms with van der Waals surface area (Å²) in [6, 6.07) is 12.0. The number of nitrogens with one attached hydrogen (secondary N) is 1. The molecule has 3 aromatic rings. The van der Waals surface area contributed by atoms with Crippen molar-refractivity contribution in [3.63, 3.8) is 0 Å². The van der Waals surface area contributed by atoms with Gasteiger partial charge in [0.1, 0.15) is 0 Å². The number of carboxylic acid groups (broad SMARTS) is 1. The zero-order valence-electron chi connectivity index (χ0n) is 12.1. The van der Waals surface area contributed by atoms with Gasteiger partial charge in [0.25, 0.3) is 10.0 Å². The summed E-state index contributed by atoms with van der Waals surface area (Å²) in [5, 5.41) is 9.58. The number of hydrogen-bond acceptors (Lipinski definition) is 4. The lowest BCUT2D eigenvalue weighted by Gasteiger charge is -2.11. The van der Waals surface area contributed by atoms with Gasteiger partial charge in [-0.25, -0.2) is 13.2 Å². The quantitative estimate of drug-likeness (QED) is 0.741. The van der Waals surface area contributed by atoms with Crippen molar-refractivity contribution in [1.29, 1.82) is 0 Å². The van der Waals surface area contributed by atoms with Crippen LogP contribution in [0.25, 0.3) is 10.9 Å². The zero-order valence-corrected chi connectivity index (χ0v) is 13.7. The molecule has 0 saturated carbocycles. The third kappa shape index (κ3) is 3.04. The number of anilines is 1. The summed E-state index contributed by atoms with van der Waals surface area (Å²) in [6.07, 6.45) is 1.57. The predicted molar refractivity (Wildman–Crippen MR) is 91.0 cm³/mol. The van der Waals surface area contributed by atoms with Gasteiger partial charge in [0.15, 0.2) is 0 Å². The first kappa shape index (κ1) is 16.2. The van der Waals surface area contributed by atoms with Gasteiger partial charge in [-0.05, 0) is 42.5 Å². The molecule has 0 fully saturated rings. The van der Waals surface area contributed by atoms with E-state index in [1.54, 1.807) is 30.5 Å². The van der Waals surface area contributed by atoms with Crippen molar-refractivity contribution < 1.29 is 18.3 Å². The number of rotatable bonds is 4. The fraction of sp³-hybridized carbons (Fsp3) is 0. The molecule has 6 nitrogen and oxygen atoms in total. The van der Waals surface area contributed by atoms with Crippen molar-refractivity contribution in [1.82, 2.24) is 4.98 Å². The SMILES string of the molecule is O=C(O)c1cc(NS(=O)(=O)c2cccc3ncccc23)ccc1Cl. The van der Waals surface area contributed by atoms with Gasteiger partial charge in [0.2, 0.25) is 0 Å². The first-order valence-corrected chi connectivity index (χ1v) is 8.64. The molecular weight excluding hydrogens is 352 g/mol. The number of sulfonamides is 1. The van der Waals surface area contributed by atoms with Gasteiger partial charge < -0.3 is 5.11 Å². The standard InChI is InChI=1S/C16H11ClN2O4S/c17-13-7-6-10(9-12(13)16(20)21)19-24(22,23)15-5-1-4-14-11(15)3-2-8-18-14/h1-9,19H,(H,20,21). The third-order valence-corrected chi connectivity index (χ3v) is 5.11. The Morgan fingerprint density at radius 1 is 1.12 bits per heavy atom. The largest absolute Gasteiger partial charge is 0.478 e. The van der Waals surface area contributed by atoms with Crippen LogP contribution in [0.3, 0.4) is 0 Å². The molecule has 0 aliphatic carbocycles. The molecular formula is C16H11ClN2O4S. The van der Waals surface area contributed by atoms with Gasteiger partial charge in [0, 0.05) is 17.3 Å². The van der Waals surface area contributed by atoms with E-state index in [9.17, 15) is 13.2 Å². The average molecular weight is 363 g/mol. The Kier molecular flexibility index (Phi) is 4.13. The summed E-state index contributed by atoms with van der Waals surface area (Å²) >= 11 is 5.79. The maximum absolute atomic E-state index is 12.7. The summed E-state index contributed by atoms with van der Waals surface area (Å²) in [4.78, 5) is 15.3. The molecule has 2 aromatic carbocycles. The Labute approximate surface area is 142 Å². The number of aromatic carboxylic acids is 1. The molecule has 0 unspecified atom stereocenters. The molecule has 122 valence electrons. The number of pyridine rings is 1. The smallest absolute Gasteiger partial charge is 0.337 e. The van der Waals surface area contributed by atoms with Crippen molar-refractivity contribution in [3.05, 3.63) is 65.3 Å². The van der Waals surface area contributed by atoms with Crippen LogP contribution in [0, 0.1) is 0 Å². The summed E-state index contributed by atoms with van der Waals surface area (Å²) in [5.41, 5.74) is 0.469. The summed E-state index contributed by atoms with van der Waals surface area (Å²) in [7, 11) is -3.92. The number of benzene rings is 2. The highest BCUT2D eigenvalue weighted by Crippen LogP contribution is 2.26. The van der Waals surface area contributed by atoms with Gasteiger partial charge in [-0.1, -0.05) is 17.7 Å². The molecule has 24 heavy (non-hydrogen) atoms. The van der Waals surface area contributed by atoms with E-state index in [4.69, 9.17) is 16.7 Å². The third-order valence-electron chi connectivity index (χ3n) is 3.34. The lowest BCUT2D eigenvalue weighted by molar-refractivity contribution is 0.0697. The first-order chi connectivity index (χ1) is 11.4. The topological polar surface area (TPSA) is 96.4 Å². The molecule has 8 heteroatoms. The van der Waals surface area contributed by atoms with Crippen LogP contribution in [-0.4, -0.2) is 24.5 Å². The summed E-state index contributed by atoms with van der Waals surface area (Å²) in [6.45, 7) is 0. The number of aromatic nitrogens is 1. The van der Waals surface area contributed by atoms with Crippen LogP contribution in [0.1, 0.15) is 10.4 Å². The molecule has 2 N–H and O–H groups in total. The van der Waals surface area contributed by atoms with Crippen molar-refractivity contribution in [2.75, 3.05) is 4.72 Å². The van der Waals surface area contributed by atoms with E-state index in [-0.39, 0.29) is 21.2 Å². The Bertz CT molecular complexity index is 1050. The minimum absolute atomic E-state index is 0.0276. The Hall–Kier alpha value is -2.64. The Balaban J connectivity index is 2.06. The number of fused-ring (bicyclic) bond motifs is 1. The van der Waals surface area contributed by atoms with Crippen molar-refractivity contribution >= 4 is 44.2 Å². The molecule has 3 rings (SSSR count). The number of halogens is 1. The molecule has 1 aromatic heterocycles. The fourth-order valence-corrected chi connectivity index (χ4v) is 3.74. The van der Waals surface area contributed by atoms with Gasteiger partial charge in [-0.15, -0.1) is 0 Å². The second-order valence-corrected chi connectivity index (χ2v) is 6.99. The molecule has 0 aliphatic heterocycles. The minimum atomic E-state index is -3.92. The van der Waals surface area contributed by atoms with Crippen LogP contribution < -0.4 is 4.72 Å². The van der Waals surface area contributed by atoms with Gasteiger partial charge in [0.05, 0.1) is 21.0 Å². The number of carboxylic acids is 1. The van der Waals surface area contributed by atoms with Gasteiger partial charge in [-0.2, -0.15) is 0 Å². The van der Waals surface area contributed by atoms with E-state index in [1.807, 2.05) is 0 Å². The molecule has 0 radical (unpaired) electrons. The Morgan fingerprint density at radius 3 is 2.67 bits per heavy atom. The van der Waals surface area contributed by atoms with Crippen molar-refractivity contribution in [2.24, 2.45) is 0 Å².